The zero-order valence-electron chi connectivity index (χ0n) is 22.4. The summed E-state index contributed by atoms with van der Waals surface area (Å²) in [5.41, 5.74) is 7.49. The van der Waals surface area contributed by atoms with E-state index in [9.17, 15) is 12.8 Å². The molecule has 0 spiro atoms. The highest BCUT2D eigenvalue weighted by Crippen LogP contribution is 2.34. The Morgan fingerprint density at radius 2 is 1.73 bits per heavy atom. The number of aromatic nitrogens is 6. The number of benzene rings is 1. The van der Waals surface area contributed by atoms with Crippen LogP contribution in [-0.4, -0.2) is 51.4 Å². The highest BCUT2D eigenvalue weighted by atomic mass is 32.2. The minimum atomic E-state index is -3.42. The number of halogens is 1. The smallest absolute Gasteiger partial charge is 0.209 e. The molecule has 0 aliphatic rings. The fourth-order valence-corrected chi connectivity index (χ4v) is 5.24. The molecule has 5 aromatic heterocycles. The Hall–Kier alpha value is -4.52. The van der Waals surface area contributed by atoms with Gasteiger partial charge in [0.15, 0.2) is 5.65 Å². The van der Waals surface area contributed by atoms with Crippen LogP contribution in [0.4, 0.5) is 4.39 Å². The lowest BCUT2D eigenvalue weighted by Crippen LogP contribution is -2.21. The number of sulfonamides is 1. The van der Waals surface area contributed by atoms with E-state index in [1.807, 2.05) is 24.5 Å². The van der Waals surface area contributed by atoms with Gasteiger partial charge in [-0.2, -0.15) is 5.10 Å². The van der Waals surface area contributed by atoms with Crippen molar-refractivity contribution < 1.29 is 12.8 Å². The van der Waals surface area contributed by atoms with E-state index in [0.29, 0.717) is 22.4 Å². The number of hydrogen-bond donors (Lipinski definition) is 4. The third-order valence-electron chi connectivity index (χ3n) is 6.73. The van der Waals surface area contributed by atoms with Crippen molar-refractivity contribution in [1.29, 1.82) is 0 Å². The van der Waals surface area contributed by atoms with Crippen LogP contribution in [0.2, 0.25) is 0 Å². The SMILES string of the molecule is CCNCc1cncc(-c2cnc3n[nH]c(-c4cc5c(-c6cc(F)cc(CNS(C)(=O)=O)c6)ccnc5[nH]4)c3c2)c1. The second-order valence-electron chi connectivity index (χ2n) is 9.80. The molecule has 0 saturated heterocycles. The Labute approximate surface area is 235 Å². The van der Waals surface area contributed by atoms with E-state index >= 15 is 0 Å². The van der Waals surface area contributed by atoms with E-state index in [1.165, 1.54) is 12.1 Å². The van der Waals surface area contributed by atoms with Gasteiger partial charge in [0.1, 0.15) is 11.5 Å². The number of nitrogens with one attached hydrogen (secondary N) is 4. The van der Waals surface area contributed by atoms with Crippen molar-refractivity contribution in [2.24, 2.45) is 0 Å². The van der Waals surface area contributed by atoms with Crippen LogP contribution in [0, 0.1) is 5.82 Å². The Morgan fingerprint density at radius 3 is 2.56 bits per heavy atom. The number of pyridine rings is 3. The van der Waals surface area contributed by atoms with Crippen LogP contribution in [0.15, 0.2) is 67.3 Å². The molecule has 10 nitrogen and oxygen atoms in total. The maximum Gasteiger partial charge on any atom is 0.209 e. The molecule has 0 aliphatic heterocycles. The van der Waals surface area contributed by atoms with E-state index in [0.717, 1.165) is 63.8 Å². The van der Waals surface area contributed by atoms with Gasteiger partial charge in [0.2, 0.25) is 10.0 Å². The summed E-state index contributed by atoms with van der Waals surface area (Å²) in [5, 5.41) is 12.4. The second-order valence-corrected chi connectivity index (χ2v) is 11.6. The van der Waals surface area contributed by atoms with Crippen LogP contribution in [-0.2, 0) is 23.1 Å². The molecule has 6 aromatic rings. The lowest BCUT2D eigenvalue weighted by Gasteiger charge is -2.08. The summed E-state index contributed by atoms with van der Waals surface area (Å²) in [6.07, 6.45) is 8.16. The van der Waals surface area contributed by atoms with Gasteiger partial charge in [-0.1, -0.05) is 6.92 Å². The monoisotopic (exact) mass is 570 g/mol. The van der Waals surface area contributed by atoms with E-state index in [-0.39, 0.29) is 6.54 Å². The molecule has 208 valence electrons. The topological polar surface area (TPSA) is 141 Å². The van der Waals surface area contributed by atoms with Crippen LogP contribution in [0.25, 0.3) is 55.7 Å². The number of fused-ring (bicyclic) bond motifs is 2. The van der Waals surface area contributed by atoms with Crippen molar-refractivity contribution in [2.75, 3.05) is 12.8 Å². The summed E-state index contributed by atoms with van der Waals surface area (Å²) in [6.45, 7) is 3.65. The highest BCUT2D eigenvalue weighted by Gasteiger charge is 2.16. The second kappa shape index (κ2) is 10.8. The van der Waals surface area contributed by atoms with Gasteiger partial charge in [-0.05, 0) is 71.3 Å². The summed E-state index contributed by atoms with van der Waals surface area (Å²) < 4.78 is 40.1. The molecule has 4 N–H and O–H groups in total. The summed E-state index contributed by atoms with van der Waals surface area (Å²) >= 11 is 0. The highest BCUT2D eigenvalue weighted by molar-refractivity contribution is 7.88. The van der Waals surface area contributed by atoms with Crippen LogP contribution in [0.1, 0.15) is 18.1 Å². The fourth-order valence-electron chi connectivity index (χ4n) is 4.81. The molecule has 1 aromatic carbocycles. The van der Waals surface area contributed by atoms with Gasteiger partial charge in [-0.15, -0.1) is 0 Å². The van der Waals surface area contributed by atoms with Gasteiger partial charge in [-0.25, -0.2) is 27.5 Å². The van der Waals surface area contributed by atoms with Crippen LogP contribution < -0.4 is 10.0 Å². The number of hydrogen-bond acceptors (Lipinski definition) is 7. The summed E-state index contributed by atoms with van der Waals surface area (Å²) in [5.74, 6) is -0.462. The van der Waals surface area contributed by atoms with Crippen LogP contribution >= 0.6 is 0 Å². The lowest BCUT2D eigenvalue weighted by molar-refractivity contribution is 0.586. The van der Waals surface area contributed by atoms with Crippen molar-refractivity contribution in [1.82, 2.24) is 40.2 Å². The number of nitrogens with zero attached hydrogens (tertiary/aromatic N) is 4. The molecule has 5 heterocycles. The molecule has 12 heteroatoms. The Kier molecular flexibility index (Phi) is 7.03. The lowest BCUT2D eigenvalue weighted by atomic mass is 10.0. The summed E-state index contributed by atoms with van der Waals surface area (Å²) in [7, 11) is -3.42. The Bertz CT molecular complexity index is 2000. The molecule has 0 radical (unpaired) electrons. The third-order valence-corrected chi connectivity index (χ3v) is 7.39. The Morgan fingerprint density at radius 1 is 0.902 bits per heavy atom. The van der Waals surface area contributed by atoms with Gasteiger partial charge in [-0.3, -0.25) is 10.1 Å². The molecule has 6 rings (SSSR count). The number of rotatable bonds is 9. The molecule has 0 fully saturated rings. The van der Waals surface area contributed by atoms with E-state index < -0.39 is 15.8 Å². The number of H-pyrrole nitrogens is 2. The number of aromatic amines is 2. The predicted octanol–water partition coefficient (Wildman–Crippen LogP) is 4.53. The molecule has 0 bridgehead atoms. The molecule has 0 aliphatic carbocycles. The van der Waals surface area contributed by atoms with Crippen molar-refractivity contribution in [3.05, 3.63) is 84.2 Å². The first-order valence-corrected chi connectivity index (χ1v) is 14.9. The standard InChI is InChI=1S/C29H27FN8O2S/c1-3-31-12-18-7-20(15-32-13-18)21-10-25-27(37-38-29(25)34-16-21)26-11-24-23(4-5-33-28(24)36-26)19-6-17(8-22(30)9-19)14-35-41(2,39)40/h4-11,13,15-16,31,35H,3,12,14H2,1-2H3,(H,33,36)(H,34,37,38). The van der Waals surface area contributed by atoms with Gasteiger partial charge in [0.05, 0.1) is 17.6 Å². The van der Waals surface area contributed by atoms with Crippen molar-refractivity contribution >= 4 is 32.1 Å². The first-order chi connectivity index (χ1) is 19.8. The Balaban J connectivity index is 1.39. The van der Waals surface area contributed by atoms with Crippen LogP contribution in [0.5, 0.6) is 0 Å². The molecule has 41 heavy (non-hydrogen) atoms. The zero-order valence-corrected chi connectivity index (χ0v) is 23.2. The predicted molar refractivity (Wildman–Crippen MR) is 157 cm³/mol. The first-order valence-electron chi connectivity index (χ1n) is 13.0. The molecule has 0 atom stereocenters. The maximum absolute atomic E-state index is 14.6. The minimum absolute atomic E-state index is 0.0147. The van der Waals surface area contributed by atoms with E-state index in [4.69, 9.17) is 0 Å². The van der Waals surface area contributed by atoms with Crippen molar-refractivity contribution in [3.63, 3.8) is 0 Å². The largest absolute Gasteiger partial charge is 0.338 e. The van der Waals surface area contributed by atoms with Gasteiger partial charge < -0.3 is 10.3 Å². The van der Waals surface area contributed by atoms with E-state index in [2.05, 4.69) is 53.2 Å². The van der Waals surface area contributed by atoms with Crippen molar-refractivity contribution in [2.45, 2.75) is 20.0 Å². The normalized spacial score (nSPS) is 12.0. The molecule has 0 amide bonds. The van der Waals surface area contributed by atoms with Crippen LogP contribution in [0.3, 0.4) is 0 Å². The quantitative estimate of drug-likeness (QED) is 0.200. The minimum Gasteiger partial charge on any atom is -0.338 e. The van der Waals surface area contributed by atoms with E-state index in [1.54, 1.807) is 24.5 Å². The first kappa shape index (κ1) is 26.7. The molecule has 0 saturated carbocycles. The average molecular weight is 571 g/mol. The third kappa shape index (κ3) is 5.71. The molecular weight excluding hydrogens is 543 g/mol. The molecule has 0 unspecified atom stereocenters. The maximum atomic E-state index is 14.6. The summed E-state index contributed by atoms with van der Waals surface area (Å²) in [4.78, 5) is 16.8. The van der Waals surface area contributed by atoms with Crippen molar-refractivity contribution in [3.8, 4) is 33.6 Å². The van der Waals surface area contributed by atoms with Gasteiger partial charge in [0, 0.05) is 59.8 Å². The zero-order chi connectivity index (χ0) is 28.6. The fraction of sp³-hybridized carbons (Fsp3) is 0.172. The molecular formula is C29H27FN8O2S. The van der Waals surface area contributed by atoms with Gasteiger partial charge >= 0.3 is 0 Å². The summed E-state index contributed by atoms with van der Waals surface area (Å²) in [6, 6.07) is 12.4. The average Bonchev–Trinajstić information content (AvgIpc) is 3.58. The van der Waals surface area contributed by atoms with Gasteiger partial charge in [0.25, 0.3) is 0 Å².